The molecule has 0 radical (unpaired) electrons. The number of benzene rings is 4. The quantitative estimate of drug-likeness (QED) is 0.217. The predicted molar refractivity (Wildman–Crippen MR) is 150 cm³/mol. The predicted octanol–water partition coefficient (Wildman–Crippen LogP) is 7.74. The molecule has 0 bridgehead atoms. The van der Waals surface area contributed by atoms with Crippen LogP contribution in [0.15, 0.2) is 108 Å². The van der Waals surface area contributed by atoms with E-state index < -0.39 is 17.9 Å². The van der Waals surface area contributed by atoms with E-state index >= 15 is 0 Å². The van der Waals surface area contributed by atoms with Crippen molar-refractivity contribution in [2.24, 2.45) is 0 Å². The Morgan fingerprint density at radius 3 is 2.29 bits per heavy atom. The van der Waals surface area contributed by atoms with Gasteiger partial charge in [-0.05, 0) is 47.5 Å². The first-order valence-corrected chi connectivity index (χ1v) is 12.8. The molecule has 1 N–H and O–H groups in total. The number of furan rings is 1. The minimum absolute atomic E-state index is 0.0512. The highest BCUT2D eigenvalue weighted by Gasteiger charge is 2.32. The van der Waals surface area contributed by atoms with Crippen LogP contribution in [0.3, 0.4) is 0 Å². The smallest absolute Gasteiger partial charge is 0.326 e. The van der Waals surface area contributed by atoms with E-state index in [0.717, 1.165) is 27.7 Å². The van der Waals surface area contributed by atoms with Gasteiger partial charge in [-0.15, -0.1) is 0 Å². The average molecular weight is 544 g/mol. The Kier molecular flexibility index (Phi) is 7.50. The molecule has 0 unspecified atom stereocenters. The summed E-state index contributed by atoms with van der Waals surface area (Å²) in [4.78, 5) is 27.7. The lowest BCUT2D eigenvalue weighted by Crippen LogP contribution is -2.46. The van der Waals surface area contributed by atoms with E-state index in [1.165, 1.54) is 17.0 Å². The van der Waals surface area contributed by atoms with Crippen molar-refractivity contribution >= 4 is 46.0 Å². The number of amides is 1. The Morgan fingerprint density at radius 1 is 0.816 bits per heavy atom. The fraction of sp³-hybridized carbons (Fsp3) is 0.0968. The van der Waals surface area contributed by atoms with E-state index in [-0.39, 0.29) is 23.6 Å². The highest BCUT2D eigenvalue weighted by molar-refractivity contribution is 6.36. The Bertz CT molecular complexity index is 1580. The molecule has 1 heterocycles. The number of hydrogen-bond donors (Lipinski definition) is 1. The molecule has 1 aromatic heterocycles. The summed E-state index contributed by atoms with van der Waals surface area (Å²) in [6, 6.07) is 29.9. The summed E-state index contributed by atoms with van der Waals surface area (Å²) in [7, 11) is 0. The number of rotatable bonds is 8. The number of fused-ring (bicyclic) bond motifs is 1. The second-order valence-corrected chi connectivity index (χ2v) is 9.79. The van der Waals surface area contributed by atoms with E-state index in [4.69, 9.17) is 27.6 Å². The Morgan fingerprint density at radius 2 is 1.55 bits per heavy atom. The zero-order chi connectivity index (χ0) is 26.6. The van der Waals surface area contributed by atoms with Gasteiger partial charge >= 0.3 is 5.97 Å². The highest BCUT2D eigenvalue weighted by Crippen LogP contribution is 2.30. The van der Waals surface area contributed by atoms with Crippen molar-refractivity contribution < 1.29 is 19.1 Å². The molecule has 1 amide bonds. The number of nitrogens with zero attached hydrogens (tertiary/aromatic N) is 1. The van der Waals surface area contributed by atoms with Crippen LogP contribution in [0.1, 0.15) is 21.5 Å². The number of carbonyl (C=O) groups is 2. The zero-order valence-electron chi connectivity index (χ0n) is 20.2. The standard InChI is InChI=1S/C31H23Cl2NO4/c32-24-13-14-25(26(33)18-24)30(35)34(27(31(36)37)16-20-7-2-1-3-8-20)19-21-9-6-11-22(15-21)29-17-23-10-4-5-12-28(23)38-29/h1-15,17-18,27H,16,19H2,(H,36,37)/t27-/m0/s1. The lowest BCUT2D eigenvalue weighted by Gasteiger charge is -2.30. The van der Waals surface area contributed by atoms with Gasteiger partial charge in [-0.1, -0.05) is 89.9 Å². The van der Waals surface area contributed by atoms with E-state index in [1.807, 2.05) is 84.9 Å². The topological polar surface area (TPSA) is 70.8 Å². The van der Waals surface area contributed by atoms with Crippen LogP contribution in [-0.2, 0) is 17.8 Å². The van der Waals surface area contributed by atoms with Gasteiger partial charge in [0.1, 0.15) is 17.4 Å². The van der Waals surface area contributed by atoms with Gasteiger partial charge < -0.3 is 14.4 Å². The van der Waals surface area contributed by atoms with Crippen LogP contribution in [-0.4, -0.2) is 27.9 Å². The van der Waals surface area contributed by atoms with Crippen LogP contribution in [0.4, 0.5) is 0 Å². The Balaban J connectivity index is 1.53. The molecular formula is C31H23Cl2NO4. The summed E-state index contributed by atoms with van der Waals surface area (Å²) in [5.41, 5.74) is 3.34. The van der Waals surface area contributed by atoms with Crippen molar-refractivity contribution in [3.63, 3.8) is 0 Å². The molecule has 0 spiro atoms. The number of hydrogen-bond acceptors (Lipinski definition) is 3. The van der Waals surface area contributed by atoms with Gasteiger partial charge in [0.15, 0.2) is 0 Å². The molecule has 190 valence electrons. The molecule has 4 aromatic carbocycles. The third-order valence-electron chi connectivity index (χ3n) is 6.35. The lowest BCUT2D eigenvalue weighted by atomic mass is 10.0. The van der Waals surface area contributed by atoms with Crippen molar-refractivity contribution in [3.05, 3.63) is 130 Å². The molecule has 5 nitrogen and oxygen atoms in total. The molecule has 38 heavy (non-hydrogen) atoms. The summed E-state index contributed by atoms with van der Waals surface area (Å²) in [5, 5.41) is 11.8. The van der Waals surface area contributed by atoms with E-state index in [1.54, 1.807) is 6.07 Å². The monoisotopic (exact) mass is 543 g/mol. The summed E-state index contributed by atoms with van der Waals surface area (Å²) in [5.74, 6) is -0.921. The first-order valence-electron chi connectivity index (χ1n) is 12.0. The van der Waals surface area contributed by atoms with Gasteiger partial charge in [-0.3, -0.25) is 4.79 Å². The molecular weight excluding hydrogens is 521 g/mol. The number of halogens is 2. The number of aliphatic carboxylic acids is 1. The first-order chi connectivity index (χ1) is 18.4. The van der Waals surface area contributed by atoms with Gasteiger partial charge in [0.2, 0.25) is 0 Å². The molecule has 0 saturated carbocycles. The normalized spacial score (nSPS) is 11.8. The van der Waals surface area contributed by atoms with Crippen LogP contribution in [0, 0.1) is 0 Å². The van der Waals surface area contributed by atoms with Crippen molar-refractivity contribution in [2.75, 3.05) is 0 Å². The van der Waals surface area contributed by atoms with Crippen LogP contribution < -0.4 is 0 Å². The van der Waals surface area contributed by atoms with Gasteiger partial charge in [0, 0.05) is 28.9 Å². The maximum Gasteiger partial charge on any atom is 0.326 e. The van der Waals surface area contributed by atoms with E-state index in [2.05, 4.69) is 0 Å². The van der Waals surface area contributed by atoms with Crippen molar-refractivity contribution in [2.45, 2.75) is 19.0 Å². The Labute approximate surface area is 229 Å². The van der Waals surface area contributed by atoms with E-state index in [0.29, 0.717) is 10.8 Å². The molecule has 0 aliphatic rings. The minimum Gasteiger partial charge on any atom is -0.480 e. The van der Waals surface area contributed by atoms with Gasteiger partial charge in [0.05, 0.1) is 10.6 Å². The fourth-order valence-electron chi connectivity index (χ4n) is 4.45. The van der Waals surface area contributed by atoms with Gasteiger partial charge in [0.25, 0.3) is 5.91 Å². The molecule has 0 saturated heterocycles. The molecule has 0 aliphatic heterocycles. The molecule has 1 atom stereocenters. The number of carbonyl (C=O) groups excluding carboxylic acids is 1. The molecule has 0 aliphatic carbocycles. The second kappa shape index (κ2) is 11.1. The molecule has 5 aromatic rings. The maximum atomic E-state index is 13.8. The average Bonchev–Trinajstić information content (AvgIpc) is 3.35. The molecule has 5 rings (SSSR count). The van der Waals surface area contributed by atoms with Crippen LogP contribution in [0.2, 0.25) is 10.0 Å². The van der Waals surface area contributed by atoms with Gasteiger partial charge in [-0.25, -0.2) is 4.79 Å². The molecule has 0 fully saturated rings. The fourth-order valence-corrected chi connectivity index (χ4v) is 4.94. The van der Waals surface area contributed by atoms with Crippen LogP contribution in [0.5, 0.6) is 0 Å². The molecule has 7 heteroatoms. The SMILES string of the molecule is O=C(O)[C@H](Cc1ccccc1)N(Cc1cccc(-c2cc3ccccc3o2)c1)C(=O)c1ccc(Cl)cc1Cl. The Hall–Kier alpha value is -4.06. The highest BCUT2D eigenvalue weighted by atomic mass is 35.5. The third-order valence-corrected chi connectivity index (χ3v) is 6.89. The summed E-state index contributed by atoms with van der Waals surface area (Å²) < 4.78 is 6.02. The zero-order valence-corrected chi connectivity index (χ0v) is 21.7. The van der Waals surface area contributed by atoms with Crippen LogP contribution in [0.25, 0.3) is 22.3 Å². The van der Waals surface area contributed by atoms with Crippen molar-refractivity contribution in [1.29, 1.82) is 0 Å². The largest absolute Gasteiger partial charge is 0.480 e. The van der Waals surface area contributed by atoms with Crippen molar-refractivity contribution in [1.82, 2.24) is 4.90 Å². The minimum atomic E-state index is -1.13. The summed E-state index contributed by atoms with van der Waals surface area (Å²) in [6.45, 7) is 0.0512. The van der Waals surface area contributed by atoms with Crippen LogP contribution >= 0.6 is 23.2 Å². The second-order valence-electron chi connectivity index (χ2n) is 8.95. The first kappa shape index (κ1) is 25.6. The van der Waals surface area contributed by atoms with Crippen molar-refractivity contribution in [3.8, 4) is 11.3 Å². The lowest BCUT2D eigenvalue weighted by molar-refractivity contribution is -0.142. The number of carboxylic acid groups (broad SMARTS) is 1. The summed E-state index contributed by atoms with van der Waals surface area (Å²) in [6.07, 6.45) is 0.135. The maximum absolute atomic E-state index is 13.8. The summed E-state index contributed by atoms with van der Waals surface area (Å²) >= 11 is 12.4. The number of carboxylic acids is 1. The third kappa shape index (κ3) is 5.59. The van der Waals surface area contributed by atoms with Gasteiger partial charge in [-0.2, -0.15) is 0 Å². The number of para-hydroxylation sites is 1. The van der Waals surface area contributed by atoms with E-state index in [9.17, 15) is 14.7 Å².